The van der Waals surface area contributed by atoms with Crippen molar-refractivity contribution in [3.8, 4) is 0 Å². The summed E-state index contributed by atoms with van der Waals surface area (Å²) in [6.07, 6.45) is 42.2. The van der Waals surface area contributed by atoms with Crippen LogP contribution in [0.25, 0.3) is 0 Å². The molecule has 10 nitrogen and oxygen atoms in total. The second-order valence-electron chi connectivity index (χ2n) is 44.1. The van der Waals surface area contributed by atoms with Crippen molar-refractivity contribution in [1.82, 2.24) is 0 Å². The highest BCUT2D eigenvalue weighted by atomic mass is 32.1. The fourth-order valence-corrected chi connectivity index (χ4v) is 34.9. The van der Waals surface area contributed by atoms with E-state index in [4.69, 9.17) is 8.83 Å². The number of rotatable bonds is 15. The standard InChI is InChI=1S/C26H38O3.C25H34F2O2S.C25H35FO2S.C25H36O3/c1-3-26(28)13-11-19-17(16-26)6-7-21-20(19)10-12-25(2)22(21)8-9-23(25)24(27)15-18-5-4-14-29-18;1-24-10-8-18-17-9-11-25(29,23(26)27)14-15(17)4-5-19(18)20(24)6-7-21(24)22(28)13-16-3-2-12-30-16;1-24-10-8-19-18-9-11-25(28,15-26)14-16(18)4-5-20(19)21(24)6-7-22(24)23(27)13-17-3-2-12-29-17;1-24(27)11-9-18-16(15-24)5-6-20-19(18)10-12-25(2)21(20)7-8-22(25)23(26)14-17-4-3-13-28-17/h4-5,14,17,19-23,28H,3,6-13,15-16H2,1-2H3;2-3,12,15,17-21,23,29H,4-11,13-14H2,1H3;2-3,12,16,18-22,28H,4-11,13-15H2,1H3;3-4,13,16,18-22,27H,5-12,14-15H2,1-2H3/t17-,19+,20-,21-,22+,23-,25+,26-;15-,17+,18-,19-,20+,21-,24+,25-;16-,18+,19-,20-,21+,22-,24+,25-;16-,18+,19-,20-,21+,22-,24-,25+/m1111/s1. The van der Waals surface area contributed by atoms with Crippen molar-refractivity contribution in [3.05, 3.63) is 93.1 Å². The molecule has 4 N–H and O–H groups in total. The zero-order chi connectivity index (χ0) is 81.1. The van der Waals surface area contributed by atoms with Crippen LogP contribution < -0.4 is 0 Å². The van der Waals surface area contributed by atoms with Gasteiger partial charge in [0.15, 0.2) is 0 Å². The Kier molecular flexibility index (Phi) is 24.3. The Bertz CT molecular complexity index is 3880. The molecule has 0 bridgehead atoms. The summed E-state index contributed by atoms with van der Waals surface area (Å²) < 4.78 is 51.1. The van der Waals surface area contributed by atoms with Crippen molar-refractivity contribution in [2.24, 2.45) is 164 Å². The first-order chi connectivity index (χ1) is 55.6. The summed E-state index contributed by atoms with van der Waals surface area (Å²) in [5.74, 6) is 18.0. The first kappa shape index (κ1) is 84.5. The molecule has 0 saturated heterocycles. The normalized spacial score (nSPS) is 46.6. The van der Waals surface area contributed by atoms with E-state index in [0.29, 0.717) is 103 Å². The molecule has 0 amide bonds. The van der Waals surface area contributed by atoms with Crippen LogP contribution in [0.3, 0.4) is 0 Å². The van der Waals surface area contributed by atoms with Gasteiger partial charge in [0, 0.05) is 46.3 Å². The molecule has 16 saturated carbocycles. The second-order valence-corrected chi connectivity index (χ2v) is 46.2. The van der Waals surface area contributed by atoms with Crippen molar-refractivity contribution >= 4 is 45.8 Å². The molecule has 16 aliphatic carbocycles. The Hall–Kier alpha value is -3.73. The molecule has 32 atom stereocenters. The van der Waals surface area contributed by atoms with Crippen LogP contribution in [0.2, 0.25) is 0 Å². The van der Waals surface area contributed by atoms with Crippen LogP contribution in [-0.2, 0) is 44.9 Å². The van der Waals surface area contributed by atoms with Gasteiger partial charge in [-0.2, -0.15) is 0 Å². The molecule has 0 aliphatic heterocycles. The highest BCUT2D eigenvalue weighted by Gasteiger charge is 2.65. The number of carbonyl (C=O) groups excluding carboxylic acids is 4. The van der Waals surface area contributed by atoms with Gasteiger partial charge in [0.1, 0.15) is 46.9 Å². The van der Waals surface area contributed by atoms with Gasteiger partial charge in [-0.25, -0.2) is 13.2 Å². The number of Topliss-reactive ketones (excluding diaryl/α,β-unsaturated/α-hetero) is 4. The molecule has 4 aromatic heterocycles. The number of ketones is 4. The molecule has 0 radical (unpaired) electrons. The number of thiophene rings is 2. The summed E-state index contributed by atoms with van der Waals surface area (Å²) >= 11 is 3.38. The van der Waals surface area contributed by atoms with Crippen LogP contribution >= 0.6 is 22.7 Å². The van der Waals surface area contributed by atoms with Gasteiger partial charge in [0.25, 0.3) is 6.43 Å². The Morgan fingerprint density at radius 2 is 0.716 bits per heavy atom. The van der Waals surface area contributed by atoms with Crippen LogP contribution in [0, 0.1) is 164 Å². The number of carbonyl (C=O) groups is 4. The lowest BCUT2D eigenvalue weighted by Gasteiger charge is -2.57. The maximum atomic E-state index is 13.4. The van der Waals surface area contributed by atoms with Crippen molar-refractivity contribution in [2.45, 2.75) is 334 Å². The maximum absolute atomic E-state index is 13.4. The Labute approximate surface area is 700 Å². The fraction of sp³-hybridized carbons (Fsp3) is 0.802. The Balaban J connectivity index is 0.000000111. The van der Waals surface area contributed by atoms with Gasteiger partial charge in [0.05, 0.1) is 42.2 Å². The van der Waals surface area contributed by atoms with Gasteiger partial charge in [-0.05, 0) is 432 Å². The number of hydrogen-bond acceptors (Lipinski definition) is 12. The molecule has 20 rings (SSSR count). The van der Waals surface area contributed by atoms with E-state index in [1.807, 2.05) is 48.7 Å². The third-order valence-corrected chi connectivity index (χ3v) is 40.8. The molecule has 16 aliphatic rings. The molecule has 15 heteroatoms. The fourth-order valence-electron chi connectivity index (χ4n) is 33.5. The Morgan fingerprint density at radius 3 is 1.06 bits per heavy atom. The maximum Gasteiger partial charge on any atom is 0.266 e. The molecule has 16 fully saturated rings. The van der Waals surface area contributed by atoms with Crippen molar-refractivity contribution in [1.29, 1.82) is 0 Å². The summed E-state index contributed by atoms with van der Waals surface area (Å²) in [4.78, 5) is 55.1. The van der Waals surface area contributed by atoms with E-state index in [9.17, 15) is 52.8 Å². The third kappa shape index (κ3) is 15.8. The zero-order valence-electron chi connectivity index (χ0n) is 71.2. The summed E-state index contributed by atoms with van der Waals surface area (Å²) in [5, 5.41) is 46.4. The van der Waals surface area contributed by atoms with Crippen molar-refractivity contribution in [3.63, 3.8) is 0 Å². The minimum Gasteiger partial charge on any atom is -0.469 e. The third-order valence-electron chi connectivity index (χ3n) is 39.1. The number of aliphatic hydroxyl groups is 4. The number of furan rings is 2. The SMILES string of the molecule is CC[C@@]1(O)CC[C@H]2[C@H](CC[C@@H]3[C@@H]2CC[C@]2(C)[C@@H](C(=O)Cc4ccco4)CC[C@@H]32)C1.C[C@@]1(O)CC[C@H]2[C@H](CC[C@@H]3[C@@H]2CC[C@]2(C)[C@@H](C(=O)Cc4ccco4)CC[C@@H]32)C1.C[C@]12CC[C@H]3[C@@H](CC[C@@H]4C[C@@](O)(C(F)F)CC[C@@H]43)[C@@H]1CC[C@@H]2C(=O)Cc1cccs1.C[C@]12CC[C@H]3[C@@H](CC[C@@H]4C[C@@](O)(CF)CC[C@@H]43)[C@@H]1CC[C@@H]2C(=O)Cc1cccs1. The van der Waals surface area contributed by atoms with Gasteiger partial charge >= 0.3 is 0 Å². The largest absolute Gasteiger partial charge is 0.469 e. The average Bonchev–Trinajstić information content (AvgIpc) is 1.58. The topological polar surface area (TPSA) is 175 Å². The number of hydrogen-bond donors (Lipinski definition) is 4. The second kappa shape index (κ2) is 33.4. The highest BCUT2D eigenvalue weighted by molar-refractivity contribution is 7.10. The Morgan fingerprint density at radius 1 is 0.379 bits per heavy atom. The van der Waals surface area contributed by atoms with E-state index in [0.717, 1.165) is 192 Å². The minimum atomic E-state index is -2.63. The van der Waals surface area contributed by atoms with Crippen molar-refractivity contribution in [2.75, 3.05) is 6.67 Å². The van der Waals surface area contributed by atoms with E-state index in [1.54, 1.807) is 35.2 Å². The minimum absolute atomic E-state index is 0.112. The molecule has 0 unspecified atom stereocenters. The first-order valence-corrected chi connectivity index (χ1v) is 49.3. The van der Waals surface area contributed by atoms with Crippen LogP contribution in [0.4, 0.5) is 13.2 Å². The molecule has 0 aromatic carbocycles. The van der Waals surface area contributed by atoms with Gasteiger partial charge in [0.2, 0.25) is 0 Å². The van der Waals surface area contributed by atoms with E-state index in [1.165, 1.54) is 112 Å². The van der Waals surface area contributed by atoms with Gasteiger partial charge < -0.3 is 29.3 Å². The number of fused-ring (bicyclic) bond motifs is 20. The number of halogens is 3. The summed E-state index contributed by atoms with van der Waals surface area (Å²) in [6.45, 7) is 13.3. The molecular weight excluding hydrogens is 1490 g/mol. The van der Waals surface area contributed by atoms with E-state index in [-0.39, 0.29) is 64.1 Å². The lowest BCUT2D eigenvalue weighted by Crippen LogP contribution is -2.53. The van der Waals surface area contributed by atoms with E-state index in [2.05, 4.69) is 52.1 Å². The van der Waals surface area contributed by atoms with Crippen LogP contribution in [-0.4, -0.2) is 79.1 Å². The monoisotopic (exact) mass is 1640 g/mol. The van der Waals surface area contributed by atoms with Gasteiger partial charge in [-0.15, -0.1) is 22.7 Å². The van der Waals surface area contributed by atoms with Gasteiger partial charge in [-0.3, -0.25) is 19.2 Å². The smallest absolute Gasteiger partial charge is 0.266 e. The first-order valence-electron chi connectivity index (χ1n) is 47.5. The highest BCUT2D eigenvalue weighted by Crippen LogP contribution is 2.70. The molecule has 0 spiro atoms. The lowest BCUT2D eigenvalue weighted by atomic mass is 9.48. The summed E-state index contributed by atoms with van der Waals surface area (Å²) in [5.41, 5.74) is -2.97. The van der Waals surface area contributed by atoms with Crippen LogP contribution in [0.15, 0.2) is 80.7 Å². The predicted octanol–water partition coefficient (Wildman–Crippen LogP) is 23.2. The average molecular weight is 1640 g/mol. The zero-order valence-corrected chi connectivity index (χ0v) is 72.9. The van der Waals surface area contributed by atoms with Crippen LogP contribution in [0.5, 0.6) is 0 Å². The van der Waals surface area contributed by atoms with Crippen LogP contribution in [0.1, 0.15) is 300 Å². The lowest BCUT2D eigenvalue weighted by molar-refractivity contribution is -0.160. The molecule has 640 valence electrons. The quantitative estimate of drug-likeness (QED) is 0.0896. The van der Waals surface area contributed by atoms with E-state index >= 15 is 0 Å². The predicted molar refractivity (Wildman–Crippen MR) is 451 cm³/mol. The molecular formula is C101H143F3O10S2. The molecule has 4 heterocycles. The van der Waals surface area contributed by atoms with E-state index < -0.39 is 35.5 Å². The summed E-state index contributed by atoms with van der Waals surface area (Å²) in [7, 11) is 0. The van der Waals surface area contributed by atoms with Gasteiger partial charge in [-0.1, -0.05) is 46.8 Å². The molecule has 116 heavy (non-hydrogen) atoms. The molecule has 4 aromatic rings. The van der Waals surface area contributed by atoms with Crippen molar-refractivity contribution < 1.29 is 61.6 Å². The number of alkyl halides is 3. The summed E-state index contributed by atoms with van der Waals surface area (Å²) in [6, 6.07) is 15.9.